The first-order valence-electron chi connectivity index (χ1n) is 6.15. The number of aliphatic hydroxyl groups is 1. The Morgan fingerprint density at radius 2 is 1.61 bits per heavy atom. The molecular weight excluding hydrogens is 226 g/mol. The SMILES string of the molecule is CC(C)[C@H](O)[C@H](N)c1ccc2cc(O)ccc2c1. The van der Waals surface area contributed by atoms with Crippen LogP contribution in [0.5, 0.6) is 5.75 Å². The second kappa shape index (κ2) is 4.96. The number of phenolic OH excluding ortho intramolecular Hbond substituents is 1. The highest BCUT2D eigenvalue weighted by Gasteiger charge is 2.20. The van der Waals surface area contributed by atoms with Gasteiger partial charge in [0.25, 0.3) is 0 Å². The molecule has 0 aliphatic rings. The van der Waals surface area contributed by atoms with Gasteiger partial charge in [-0.25, -0.2) is 0 Å². The van der Waals surface area contributed by atoms with Crippen molar-refractivity contribution in [3.8, 4) is 5.75 Å². The molecule has 2 rings (SSSR count). The van der Waals surface area contributed by atoms with E-state index in [1.54, 1.807) is 12.1 Å². The molecular formula is C15H19NO2. The van der Waals surface area contributed by atoms with E-state index in [-0.39, 0.29) is 17.7 Å². The van der Waals surface area contributed by atoms with Crippen molar-refractivity contribution >= 4 is 10.8 Å². The van der Waals surface area contributed by atoms with E-state index in [1.807, 2.05) is 38.1 Å². The molecule has 2 aromatic rings. The lowest BCUT2D eigenvalue weighted by molar-refractivity contribution is 0.0980. The third kappa shape index (κ3) is 2.47. The van der Waals surface area contributed by atoms with Crippen molar-refractivity contribution in [1.29, 1.82) is 0 Å². The summed E-state index contributed by atoms with van der Waals surface area (Å²) in [5, 5.41) is 21.4. The second-order valence-corrected chi connectivity index (χ2v) is 5.05. The van der Waals surface area contributed by atoms with Crippen LogP contribution in [0.3, 0.4) is 0 Å². The number of benzene rings is 2. The lowest BCUT2D eigenvalue weighted by atomic mass is 9.93. The molecule has 3 nitrogen and oxygen atoms in total. The summed E-state index contributed by atoms with van der Waals surface area (Å²) in [4.78, 5) is 0. The maximum atomic E-state index is 10.00. The van der Waals surface area contributed by atoms with Gasteiger partial charge in [-0.2, -0.15) is 0 Å². The predicted octanol–water partition coefficient (Wildman–Crippen LogP) is 2.56. The lowest BCUT2D eigenvalue weighted by Gasteiger charge is -2.22. The van der Waals surface area contributed by atoms with Crippen LogP contribution in [0, 0.1) is 5.92 Å². The van der Waals surface area contributed by atoms with Gasteiger partial charge in [0.05, 0.1) is 12.1 Å². The largest absolute Gasteiger partial charge is 0.508 e. The van der Waals surface area contributed by atoms with Gasteiger partial charge in [0.2, 0.25) is 0 Å². The number of fused-ring (bicyclic) bond motifs is 1. The maximum absolute atomic E-state index is 10.00. The van der Waals surface area contributed by atoms with Gasteiger partial charge >= 0.3 is 0 Å². The lowest BCUT2D eigenvalue weighted by Crippen LogP contribution is -2.30. The van der Waals surface area contributed by atoms with Crippen LogP contribution in [0.4, 0.5) is 0 Å². The molecule has 0 heterocycles. The minimum absolute atomic E-state index is 0.121. The van der Waals surface area contributed by atoms with Crippen molar-refractivity contribution in [2.75, 3.05) is 0 Å². The Kier molecular flexibility index (Phi) is 3.55. The van der Waals surface area contributed by atoms with Gasteiger partial charge in [-0.15, -0.1) is 0 Å². The zero-order valence-electron chi connectivity index (χ0n) is 10.7. The number of nitrogens with two attached hydrogens (primary N) is 1. The molecule has 0 amide bonds. The van der Waals surface area contributed by atoms with Crippen molar-refractivity contribution in [1.82, 2.24) is 0 Å². The van der Waals surface area contributed by atoms with Crippen molar-refractivity contribution < 1.29 is 10.2 Å². The van der Waals surface area contributed by atoms with Crippen LogP contribution >= 0.6 is 0 Å². The molecule has 0 fully saturated rings. The summed E-state index contributed by atoms with van der Waals surface area (Å²) in [6, 6.07) is 10.6. The summed E-state index contributed by atoms with van der Waals surface area (Å²) in [6.07, 6.45) is -0.556. The summed E-state index contributed by atoms with van der Waals surface area (Å²) in [5.74, 6) is 0.372. The van der Waals surface area contributed by atoms with Gasteiger partial charge in [0.1, 0.15) is 5.75 Å². The summed E-state index contributed by atoms with van der Waals surface area (Å²) in [5.41, 5.74) is 6.97. The highest BCUT2D eigenvalue weighted by Crippen LogP contribution is 2.25. The molecule has 0 saturated carbocycles. The fraction of sp³-hybridized carbons (Fsp3) is 0.333. The number of aliphatic hydroxyl groups excluding tert-OH is 1. The number of hydrogen-bond donors (Lipinski definition) is 3. The van der Waals surface area contributed by atoms with E-state index in [4.69, 9.17) is 5.73 Å². The van der Waals surface area contributed by atoms with Crippen LogP contribution in [-0.2, 0) is 0 Å². The first-order chi connectivity index (χ1) is 8.49. The van der Waals surface area contributed by atoms with E-state index >= 15 is 0 Å². The standard InChI is InChI=1S/C15H19NO2/c1-9(2)15(18)14(16)12-4-3-11-8-13(17)6-5-10(11)7-12/h3-9,14-15,17-18H,16H2,1-2H3/t14-,15+/m1/s1. The quantitative estimate of drug-likeness (QED) is 0.778. The summed E-state index contributed by atoms with van der Waals surface area (Å²) in [6.45, 7) is 3.90. The van der Waals surface area contributed by atoms with Gasteiger partial charge in [0.15, 0.2) is 0 Å². The van der Waals surface area contributed by atoms with Crippen LogP contribution in [0.1, 0.15) is 25.5 Å². The van der Waals surface area contributed by atoms with Gasteiger partial charge < -0.3 is 15.9 Å². The molecule has 0 saturated heterocycles. The molecule has 18 heavy (non-hydrogen) atoms. The Labute approximate surface area is 107 Å². The van der Waals surface area contributed by atoms with Crippen LogP contribution in [0.15, 0.2) is 36.4 Å². The Bertz CT molecular complexity index is 551. The Morgan fingerprint density at radius 1 is 1.00 bits per heavy atom. The van der Waals surface area contributed by atoms with Gasteiger partial charge in [-0.05, 0) is 40.5 Å². The summed E-state index contributed by atoms with van der Waals surface area (Å²) in [7, 11) is 0. The van der Waals surface area contributed by atoms with Crippen LogP contribution in [-0.4, -0.2) is 16.3 Å². The van der Waals surface area contributed by atoms with E-state index in [1.165, 1.54) is 0 Å². The molecule has 0 aromatic heterocycles. The number of aromatic hydroxyl groups is 1. The predicted molar refractivity (Wildman–Crippen MR) is 73.4 cm³/mol. The van der Waals surface area contributed by atoms with Crippen molar-refractivity contribution in [3.63, 3.8) is 0 Å². The van der Waals surface area contributed by atoms with E-state index in [2.05, 4.69) is 0 Å². The van der Waals surface area contributed by atoms with Crippen LogP contribution < -0.4 is 5.73 Å². The number of phenols is 1. The van der Waals surface area contributed by atoms with Crippen LogP contribution in [0.25, 0.3) is 10.8 Å². The van der Waals surface area contributed by atoms with E-state index < -0.39 is 6.10 Å². The maximum Gasteiger partial charge on any atom is 0.116 e. The number of rotatable bonds is 3. The second-order valence-electron chi connectivity index (χ2n) is 5.05. The normalized spacial score (nSPS) is 14.9. The topological polar surface area (TPSA) is 66.5 Å². The summed E-state index contributed by atoms with van der Waals surface area (Å²) >= 11 is 0. The zero-order chi connectivity index (χ0) is 13.3. The average molecular weight is 245 g/mol. The van der Waals surface area contributed by atoms with Crippen molar-refractivity contribution in [3.05, 3.63) is 42.0 Å². The van der Waals surface area contributed by atoms with Gasteiger partial charge in [0, 0.05) is 0 Å². The Morgan fingerprint density at radius 3 is 2.28 bits per heavy atom. The van der Waals surface area contributed by atoms with E-state index in [9.17, 15) is 10.2 Å². The molecule has 2 atom stereocenters. The first kappa shape index (κ1) is 12.9. The van der Waals surface area contributed by atoms with E-state index in [0.717, 1.165) is 16.3 Å². The fourth-order valence-corrected chi connectivity index (χ4v) is 2.07. The van der Waals surface area contributed by atoms with Crippen molar-refractivity contribution in [2.24, 2.45) is 11.7 Å². The molecule has 2 aromatic carbocycles. The molecule has 4 N–H and O–H groups in total. The zero-order valence-corrected chi connectivity index (χ0v) is 10.7. The van der Waals surface area contributed by atoms with Gasteiger partial charge in [-0.1, -0.05) is 32.0 Å². The molecule has 0 unspecified atom stereocenters. The van der Waals surface area contributed by atoms with E-state index in [0.29, 0.717) is 0 Å². The Balaban J connectivity index is 2.38. The van der Waals surface area contributed by atoms with Gasteiger partial charge in [-0.3, -0.25) is 0 Å². The molecule has 0 aliphatic carbocycles. The van der Waals surface area contributed by atoms with Crippen LogP contribution in [0.2, 0.25) is 0 Å². The minimum Gasteiger partial charge on any atom is -0.508 e. The molecule has 96 valence electrons. The Hall–Kier alpha value is -1.58. The fourth-order valence-electron chi connectivity index (χ4n) is 2.07. The molecule has 0 spiro atoms. The third-order valence-corrected chi connectivity index (χ3v) is 3.28. The van der Waals surface area contributed by atoms with Crippen molar-refractivity contribution in [2.45, 2.75) is 26.0 Å². The molecule has 0 bridgehead atoms. The molecule has 0 radical (unpaired) electrons. The first-order valence-corrected chi connectivity index (χ1v) is 6.15. The smallest absolute Gasteiger partial charge is 0.116 e. The molecule has 3 heteroatoms. The summed E-state index contributed by atoms with van der Waals surface area (Å²) < 4.78 is 0. The monoisotopic (exact) mass is 245 g/mol. The number of hydrogen-bond acceptors (Lipinski definition) is 3. The highest BCUT2D eigenvalue weighted by molar-refractivity contribution is 5.84. The third-order valence-electron chi connectivity index (χ3n) is 3.28. The highest BCUT2D eigenvalue weighted by atomic mass is 16.3. The minimum atomic E-state index is -0.556. The molecule has 0 aliphatic heterocycles. The average Bonchev–Trinajstić information content (AvgIpc) is 2.36.